The van der Waals surface area contributed by atoms with Gasteiger partial charge in [-0.05, 0) is 30.6 Å². The molecule has 0 saturated heterocycles. The van der Waals surface area contributed by atoms with Crippen molar-refractivity contribution in [3.8, 4) is 0 Å². The van der Waals surface area contributed by atoms with Crippen molar-refractivity contribution < 1.29 is 4.43 Å². The van der Waals surface area contributed by atoms with Gasteiger partial charge in [0.15, 0.2) is 8.32 Å². The summed E-state index contributed by atoms with van der Waals surface area (Å²) >= 11 is 0. The van der Waals surface area contributed by atoms with E-state index in [4.69, 9.17) is 4.43 Å². The normalized spacial score (nSPS) is 16.0. The van der Waals surface area contributed by atoms with Gasteiger partial charge in [0.05, 0.1) is 6.10 Å². The minimum absolute atomic E-state index is 0.106. The summed E-state index contributed by atoms with van der Waals surface area (Å²) in [6, 6.07) is 11.4. The Balaban J connectivity index is 3.03. The molecule has 0 aliphatic heterocycles. The molecule has 1 rings (SSSR count). The molecule has 0 aliphatic rings. The van der Waals surface area contributed by atoms with Crippen molar-refractivity contribution in [1.82, 2.24) is 5.32 Å². The van der Waals surface area contributed by atoms with Gasteiger partial charge >= 0.3 is 0 Å². The number of benzene rings is 1. The quantitative estimate of drug-likeness (QED) is 0.735. The van der Waals surface area contributed by atoms with Gasteiger partial charge in [-0.25, -0.2) is 0 Å². The van der Waals surface area contributed by atoms with Crippen LogP contribution in [-0.2, 0) is 4.43 Å². The van der Waals surface area contributed by atoms with Crippen LogP contribution >= 0.6 is 0 Å². The highest BCUT2D eigenvalue weighted by molar-refractivity contribution is 6.74. The summed E-state index contributed by atoms with van der Waals surface area (Å²) in [4.78, 5) is 0. The lowest BCUT2D eigenvalue weighted by molar-refractivity contribution is 0.139. The molecule has 1 aromatic rings. The molecule has 21 heavy (non-hydrogen) atoms. The molecule has 0 spiro atoms. The van der Waals surface area contributed by atoms with Crippen molar-refractivity contribution in [1.29, 1.82) is 0 Å². The Morgan fingerprint density at radius 3 is 1.95 bits per heavy atom. The van der Waals surface area contributed by atoms with Gasteiger partial charge in [-0.2, -0.15) is 0 Å². The van der Waals surface area contributed by atoms with Gasteiger partial charge < -0.3 is 9.74 Å². The number of hydrogen-bond acceptors (Lipinski definition) is 2. The summed E-state index contributed by atoms with van der Waals surface area (Å²) in [7, 11) is -1.80. The van der Waals surface area contributed by atoms with Gasteiger partial charge in [-0.1, -0.05) is 65.0 Å². The van der Waals surface area contributed by atoms with E-state index < -0.39 is 8.32 Å². The van der Waals surface area contributed by atoms with Crippen molar-refractivity contribution in [3.05, 3.63) is 35.9 Å². The summed E-state index contributed by atoms with van der Waals surface area (Å²) in [6.45, 7) is 18.1. The number of rotatable bonds is 6. The summed E-state index contributed by atoms with van der Waals surface area (Å²) < 4.78 is 6.73. The minimum atomic E-state index is -1.80. The first kappa shape index (κ1) is 18.4. The zero-order chi connectivity index (χ0) is 16.3. The molecule has 0 radical (unpaired) electrons. The second kappa shape index (κ2) is 7.08. The van der Waals surface area contributed by atoms with Crippen LogP contribution in [0.5, 0.6) is 0 Å². The van der Waals surface area contributed by atoms with Crippen LogP contribution in [0.3, 0.4) is 0 Å². The molecule has 120 valence electrons. The molecule has 0 aliphatic carbocycles. The molecule has 0 unspecified atom stereocenters. The van der Waals surface area contributed by atoms with Gasteiger partial charge in [0.2, 0.25) is 0 Å². The molecular weight excluding hydrogens is 274 g/mol. The lowest BCUT2D eigenvalue weighted by Crippen LogP contribution is -2.47. The third-order valence-corrected chi connectivity index (χ3v) is 8.86. The molecule has 0 amide bonds. The Hall–Kier alpha value is -0.643. The van der Waals surface area contributed by atoms with Crippen LogP contribution in [0.1, 0.15) is 53.2 Å². The second-order valence-electron chi connectivity index (χ2n) is 7.82. The van der Waals surface area contributed by atoms with Gasteiger partial charge in [-0.15, -0.1) is 0 Å². The molecule has 2 atom stereocenters. The maximum absolute atomic E-state index is 6.73. The third kappa shape index (κ3) is 5.24. The fourth-order valence-electron chi connectivity index (χ4n) is 2.21. The van der Waals surface area contributed by atoms with Crippen LogP contribution < -0.4 is 5.32 Å². The largest absolute Gasteiger partial charge is 0.408 e. The Kier molecular flexibility index (Phi) is 6.20. The monoisotopic (exact) mass is 307 g/mol. The van der Waals surface area contributed by atoms with Gasteiger partial charge in [0, 0.05) is 12.1 Å². The smallest absolute Gasteiger partial charge is 0.192 e. The molecule has 0 saturated carbocycles. The average Bonchev–Trinajstić information content (AvgIpc) is 2.34. The Labute approximate surface area is 132 Å². The molecule has 1 aromatic carbocycles. The minimum Gasteiger partial charge on any atom is -0.408 e. The molecule has 2 nitrogen and oxygen atoms in total. The lowest BCUT2D eigenvalue weighted by atomic mass is 10.0. The van der Waals surface area contributed by atoms with E-state index >= 15 is 0 Å². The van der Waals surface area contributed by atoms with Crippen molar-refractivity contribution in [2.75, 3.05) is 0 Å². The van der Waals surface area contributed by atoms with Gasteiger partial charge in [-0.3, -0.25) is 0 Å². The van der Waals surface area contributed by atoms with Crippen LogP contribution in [0.2, 0.25) is 18.1 Å². The molecular formula is C18H33NOSi. The van der Waals surface area contributed by atoms with Crippen LogP contribution in [0.25, 0.3) is 0 Å². The van der Waals surface area contributed by atoms with E-state index in [1.54, 1.807) is 0 Å². The summed E-state index contributed by atoms with van der Waals surface area (Å²) in [5, 5.41) is 3.83. The third-order valence-electron chi connectivity index (χ3n) is 4.41. The van der Waals surface area contributed by atoms with Gasteiger partial charge in [0.25, 0.3) is 0 Å². The SMILES string of the molecule is CC(C)N[C@@H](C)[C@H](O[Si](C)(C)C(C)(C)C)c1ccccc1. The molecule has 0 fully saturated rings. The fourth-order valence-corrected chi connectivity index (χ4v) is 3.54. The Bertz CT molecular complexity index is 423. The van der Waals surface area contributed by atoms with Crippen molar-refractivity contribution in [3.63, 3.8) is 0 Å². The molecule has 1 N–H and O–H groups in total. The average molecular weight is 308 g/mol. The summed E-state index contributed by atoms with van der Waals surface area (Å²) in [5.41, 5.74) is 1.27. The van der Waals surface area contributed by atoms with Crippen molar-refractivity contribution >= 4 is 8.32 Å². The Morgan fingerprint density at radius 1 is 1.00 bits per heavy atom. The first-order valence-corrected chi connectivity index (χ1v) is 10.9. The topological polar surface area (TPSA) is 21.3 Å². The standard InChI is InChI=1S/C18H33NOSi/c1-14(2)19-15(3)17(16-12-10-9-11-13-16)20-21(7,8)18(4,5)6/h9-15,17,19H,1-8H3/t15-,17-/m0/s1. The fraction of sp³-hybridized carbons (Fsp3) is 0.667. The van der Waals surface area contributed by atoms with Crippen LogP contribution in [0, 0.1) is 0 Å². The van der Waals surface area contributed by atoms with Crippen molar-refractivity contribution in [2.24, 2.45) is 0 Å². The van der Waals surface area contributed by atoms with E-state index in [0.717, 1.165) is 0 Å². The zero-order valence-corrected chi connectivity index (χ0v) is 16.0. The van der Waals surface area contributed by atoms with Crippen LogP contribution in [0.4, 0.5) is 0 Å². The van der Waals surface area contributed by atoms with Gasteiger partial charge in [0.1, 0.15) is 0 Å². The number of nitrogens with one attached hydrogen (secondary N) is 1. The summed E-state index contributed by atoms with van der Waals surface area (Å²) in [5.74, 6) is 0. The van der Waals surface area contributed by atoms with E-state index in [1.807, 2.05) is 0 Å². The predicted molar refractivity (Wildman–Crippen MR) is 95.2 cm³/mol. The maximum atomic E-state index is 6.73. The molecule has 0 bridgehead atoms. The van der Waals surface area contributed by atoms with E-state index in [2.05, 4.69) is 90.3 Å². The highest BCUT2D eigenvalue weighted by Gasteiger charge is 2.40. The molecule has 0 aromatic heterocycles. The molecule has 0 heterocycles. The van der Waals surface area contributed by atoms with Crippen LogP contribution in [0.15, 0.2) is 30.3 Å². The predicted octanol–water partition coefficient (Wildman–Crippen LogP) is 5.14. The highest BCUT2D eigenvalue weighted by atomic mass is 28.4. The second-order valence-corrected chi connectivity index (χ2v) is 12.6. The lowest BCUT2D eigenvalue weighted by Gasteiger charge is -2.41. The van der Waals surface area contributed by atoms with E-state index in [9.17, 15) is 0 Å². The molecule has 3 heteroatoms. The first-order chi connectivity index (χ1) is 9.54. The van der Waals surface area contributed by atoms with Crippen molar-refractivity contribution in [2.45, 2.75) is 77.9 Å². The van der Waals surface area contributed by atoms with E-state index in [-0.39, 0.29) is 11.1 Å². The van der Waals surface area contributed by atoms with E-state index in [0.29, 0.717) is 12.1 Å². The Morgan fingerprint density at radius 2 is 1.52 bits per heavy atom. The van der Waals surface area contributed by atoms with E-state index in [1.165, 1.54) is 5.56 Å². The van der Waals surface area contributed by atoms with Crippen LogP contribution in [-0.4, -0.2) is 20.4 Å². The number of hydrogen-bond donors (Lipinski definition) is 1. The summed E-state index contributed by atoms with van der Waals surface area (Å²) in [6.07, 6.45) is 0.106. The first-order valence-electron chi connectivity index (χ1n) is 8.03. The zero-order valence-electron chi connectivity index (χ0n) is 15.0. The maximum Gasteiger partial charge on any atom is 0.192 e. The highest BCUT2D eigenvalue weighted by Crippen LogP contribution is 2.40.